The number of hydrogen-bond acceptors (Lipinski definition) is 6. The average Bonchev–Trinajstić information content (AvgIpc) is 3.26. The monoisotopic (exact) mass is 495 g/mol. The Hall–Kier alpha value is -3.72. The van der Waals surface area contributed by atoms with Crippen molar-refractivity contribution in [3.63, 3.8) is 0 Å². The van der Waals surface area contributed by atoms with E-state index in [0.717, 1.165) is 15.6 Å². The number of benzene rings is 3. The Morgan fingerprint density at radius 1 is 1.16 bits per heavy atom. The van der Waals surface area contributed by atoms with Gasteiger partial charge in [-0.05, 0) is 31.2 Å². The molecule has 1 aliphatic heterocycles. The van der Waals surface area contributed by atoms with Gasteiger partial charge in [0.1, 0.15) is 11.5 Å². The highest BCUT2D eigenvalue weighted by Crippen LogP contribution is 2.30. The summed E-state index contributed by atoms with van der Waals surface area (Å²) >= 11 is 3.41. The zero-order chi connectivity index (χ0) is 22.7. The van der Waals surface area contributed by atoms with Crippen LogP contribution in [0, 0.1) is 17.0 Å². The lowest BCUT2D eigenvalue weighted by Gasteiger charge is -2.12. The average molecular weight is 496 g/mol. The number of nitro groups is 1. The van der Waals surface area contributed by atoms with E-state index in [2.05, 4.69) is 26.4 Å². The van der Waals surface area contributed by atoms with Gasteiger partial charge in [0.15, 0.2) is 0 Å². The summed E-state index contributed by atoms with van der Waals surface area (Å²) in [5.74, 6) is 0.303. The molecule has 8 nitrogen and oxygen atoms in total. The number of anilines is 1. The number of non-ortho nitro benzene ring substituents is 1. The van der Waals surface area contributed by atoms with Crippen molar-refractivity contribution in [3.8, 4) is 11.5 Å². The van der Waals surface area contributed by atoms with E-state index in [1.807, 2.05) is 43.3 Å². The second-order valence-electron chi connectivity index (χ2n) is 7.22. The Balaban J connectivity index is 1.48. The van der Waals surface area contributed by atoms with Crippen LogP contribution in [-0.2, 0) is 9.63 Å². The van der Waals surface area contributed by atoms with Gasteiger partial charge in [0, 0.05) is 28.6 Å². The molecule has 0 aromatic heterocycles. The minimum absolute atomic E-state index is 0.205. The number of hydrogen-bond donors (Lipinski definition) is 1. The Bertz CT molecular complexity index is 1210. The molecule has 32 heavy (non-hydrogen) atoms. The fourth-order valence-corrected chi connectivity index (χ4v) is 3.54. The van der Waals surface area contributed by atoms with Gasteiger partial charge in [-0.3, -0.25) is 14.9 Å². The lowest BCUT2D eigenvalue weighted by atomic mass is 10.0. The van der Waals surface area contributed by atoms with Crippen LogP contribution in [0.3, 0.4) is 0 Å². The lowest BCUT2D eigenvalue weighted by molar-refractivity contribution is -0.384. The number of halogens is 1. The number of carbonyl (C=O) groups excluding carboxylic acids is 1. The molecule has 0 bridgehead atoms. The van der Waals surface area contributed by atoms with Crippen LogP contribution in [-0.4, -0.2) is 22.6 Å². The zero-order valence-electron chi connectivity index (χ0n) is 16.9. The molecular weight excluding hydrogens is 478 g/mol. The smallest absolute Gasteiger partial charge is 0.275 e. The molecule has 1 aliphatic rings. The van der Waals surface area contributed by atoms with Gasteiger partial charge in [-0.2, -0.15) is 0 Å². The summed E-state index contributed by atoms with van der Waals surface area (Å²) in [5.41, 5.74) is 2.58. The van der Waals surface area contributed by atoms with Gasteiger partial charge in [0.2, 0.25) is 6.10 Å². The van der Waals surface area contributed by atoms with Crippen LogP contribution in [0.1, 0.15) is 17.5 Å². The predicted octanol–water partition coefficient (Wildman–Crippen LogP) is 5.59. The molecule has 4 rings (SSSR count). The van der Waals surface area contributed by atoms with Gasteiger partial charge in [0.25, 0.3) is 11.6 Å². The molecule has 1 N–H and O–H groups in total. The first-order valence-electron chi connectivity index (χ1n) is 9.71. The third kappa shape index (κ3) is 5.12. The van der Waals surface area contributed by atoms with Crippen molar-refractivity contribution in [3.05, 3.63) is 92.4 Å². The molecule has 3 aromatic carbocycles. The molecule has 1 atom stereocenters. The van der Waals surface area contributed by atoms with Gasteiger partial charge in [-0.15, -0.1) is 0 Å². The molecule has 0 radical (unpaired) electrons. The predicted molar refractivity (Wildman–Crippen MR) is 123 cm³/mol. The molecule has 3 aromatic rings. The van der Waals surface area contributed by atoms with Crippen LogP contribution in [0.2, 0.25) is 0 Å². The summed E-state index contributed by atoms with van der Waals surface area (Å²) in [6.07, 6.45) is -0.561. The van der Waals surface area contributed by atoms with Crippen LogP contribution in [0.4, 0.5) is 11.4 Å². The lowest BCUT2D eigenvalue weighted by Crippen LogP contribution is -2.28. The van der Waals surface area contributed by atoms with Crippen molar-refractivity contribution in [1.82, 2.24) is 0 Å². The van der Waals surface area contributed by atoms with Gasteiger partial charge in [-0.1, -0.05) is 50.9 Å². The Kier molecular flexibility index (Phi) is 6.18. The summed E-state index contributed by atoms with van der Waals surface area (Å²) in [6, 6.07) is 18.9. The maximum atomic E-state index is 12.7. The number of carbonyl (C=O) groups is 1. The fraction of sp³-hybridized carbons (Fsp3) is 0.130. The van der Waals surface area contributed by atoms with E-state index in [-0.39, 0.29) is 23.5 Å². The van der Waals surface area contributed by atoms with Crippen LogP contribution in [0.5, 0.6) is 11.5 Å². The van der Waals surface area contributed by atoms with E-state index >= 15 is 0 Å². The van der Waals surface area contributed by atoms with Gasteiger partial charge < -0.3 is 14.9 Å². The molecule has 0 saturated carbocycles. The van der Waals surface area contributed by atoms with Crippen LogP contribution in [0.15, 0.2) is 76.4 Å². The quantitative estimate of drug-likeness (QED) is 0.354. The molecule has 1 unspecified atom stereocenters. The van der Waals surface area contributed by atoms with Crippen molar-refractivity contribution in [2.24, 2.45) is 5.16 Å². The number of amides is 1. The normalized spacial score (nSPS) is 14.9. The zero-order valence-corrected chi connectivity index (χ0v) is 18.5. The molecule has 162 valence electrons. The first-order chi connectivity index (χ1) is 15.4. The number of nitrogens with zero attached hydrogens (tertiary/aromatic N) is 2. The first kappa shape index (κ1) is 21.5. The third-order valence-corrected chi connectivity index (χ3v) is 5.24. The number of oxime groups is 1. The van der Waals surface area contributed by atoms with E-state index in [1.54, 1.807) is 12.1 Å². The third-order valence-electron chi connectivity index (χ3n) is 4.75. The summed E-state index contributed by atoms with van der Waals surface area (Å²) in [7, 11) is 0. The minimum atomic E-state index is -0.843. The minimum Gasteiger partial charge on any atom is -0.457 e. The summed E-state index contributed by atoms with van der Waals surface area (Å²) < 4.78 is 6.64. The molecule has 0 spiro atoms. The number of nitrogens with one attached hydrogen (secondary N) is 1. The molecule has 1 heterocycles. The first-order valence-corrected chi connectivity index (χ1v) is 10.5. The largest absolute Gasteiger partial charge is 0.457 e. The Morgan fingerprint density at radius 3 is 2.66 bits per heavy atom. The molecular formula is C23H18BrN3O5. The maximum Gasteiger partial charge on any atom is 0.275 e. The van der Waals surface area contributed by atoms with E-state index in [1.165, 1.54) is 18.2 Å². The highest BCUT2D eigenvalue weighted by atomic mass is 79.9. The SMILES string of the molecule is Cc1ccc(Oc2cc(NC(=O)C3CC(c4cccc(Br)c4)=NO3)cc([N+](=O)[O-])c2)cc1. The Morgan fingerprint density at radius 2 is 1.94 bits per heavy atom. The van der Waals surface area contributed by atoms with Crippen LogP contribution >= 0.6 is 15.9 Å². The maximum absolute atomic E-state index is 12.7. The number of rotatable bonds is 6. The summed E-state index contributed by atoms with van der Waals surface area (Å²) in [5, 5.41) is 18.0. The highest BCUT2D eigenvalue weighted by molar-refractivity contribution is 9.10. The van der Waals surface area contributed by atoms with Crippen molar-refractivity contribution in [1.29, 1.82) is 0 Å². The fourth-order valence-electron chi connectivity index (χ4n) is 3.14. The Labute approximate surface area is 192 Å². The van der Waals surface area contributed by atoms with Crippen molar-refractivity contribution >= 4 is 38.9 Å². The van der Waals surface area contributed by atoms with E-state index in [0.29, 0.717) is 11.5 Å². The van der Waals surface area contributed by atoms with E-state index in [4.69, 9.17) is 9.57 Å². The van der Waals surface area contributed by atoms with Gasteiger partial charge in [0.05, 0.1) is 22.4 Å². The highest BCUT2D eigenvalue weighted by Gasteiger charge is 2.29. The van der Waals surface area contributed by atoms with E-state index < -0.39 is 16.9 Å². The van der Waals surface area contributed by atoms with Crippen molar-refractivity contribution < 1.29 is 19.3 Å². The summed E-state index contributed by atoms with van der Waals surface area (Å²) in [4.78, 5) is 28.8. The number of aryl methyl sites for hydroxylation is 1. The van der Waals surface area contributed by atoms with Crippen LogP contribution < -0.4 is 10.1 Å². The van der Waals surface area contributed by atoms with Crippen molar-refractivity contribution in [2.45, 2.75) is 19.4 Å². The van der Waals surface area contributed by atoms with Crippen molar-refractivity contribution in [2.75, 3.05) is 5.32 Å². The second-order valence-corrected chi connectivity index (χ2v) is 8.14. The van der Waals surface area contributed by atoms with Gasteiger partial charge >= 0.3 is 0 Å². The van der Waals surface area contributed by atoms with E-state index in [9.17, 15) is 14.9 Å². The number of nitro benzene ring substituents is 1. The molecule has 0 aliphatic carbocycles. The van der Waals surface area contributed by atoms with Crippen LogP contribution in [0.25, 0.3) is 0 Å². The summed E-state index contributed by atoms with van der Waals surface area (Å²) in [6.45, 7) is 1.95. The molecule has 1 amide bonds. The molecule has 0 saturated heterocycles. The standard InChI is InChI=1S/C23H18BrN3O5/c1-14-5-7-19(8-6-14)31-20-11-17(10-18(12-20)27(29)30)25-23(28)22-13-21(26-32-22)15-3-2-4-16(24)9-15/h2-12,22H,13H2,1H3,(H,25,28). The van der Waals surface area contributed by atoms with Gasteiger partial charge in [-0.25, -0.2) is 0 Å². The topological polar surface area (TPSA) is 103 Å². The molecule has 9 heteroatoms. The molecule has 0 fully saturated rings. The second kappa shape index (κ2) is 9.19. The number of ether oxygens (including phenoxy) is 1.